The molecule has 1 N–H and O–H groups in total. The first kappa shape index (κ1) is 22.9. The van der Waals surface area contributed by atoms with E-state index in [1.54, 1.807) is 24.1 Å². The minimum Gasteiger partial charge on any atom is -0.383 e. The summed E-state index contributed by atoms with van der Waals surface area (Å²) in [5.74, 6) is -0.482. The molecule has 0 radical (unpaired) electrons. The lowest BCUT2D eigenvalue weighted by Crippen LogP contribution is -2.52. The number of amides is 2. The number of nitrogens with one attached hydrogen (secondary N) is 1. The molecule has 6 heteroatoms. The van der Waals surface area contributed by atoms with Crippen molar-refractivity contribution in [2.24, 2.45) is 5.92 Å². The Morgan fingerprint density at radius 1 is 1.03 bits per heavy atom. The molecule has 5 nitrogen and oxygen atoms in total. The summed E-state index contributed by atoms with van der Waals surface area (Å²) in [4.78, 5) is 27.8. The highest BCUT2D eigenvalue weighted by atomic mass is 35.5. The monoisotopic (exact) mass is 416 g/mol. The quantitative estimate of drug-likeness (QED) is 0.601. The molecule has 0 unspecified atom stereocenters. The van der Waals surface area contributed by atoms with Crippen molar-refractivity contribution in [2.45, 2.75) is 32.9 Å². The number of halogens is 1. The number of hydrogen-bond donors (Lipinski definition) is 1. The van der Waals surface area contributed by atoms with E-state index in [4.69, 9.17) is 16.3 Å². The average molecular weight is 417 g/mol. The maximum absolute atomic E-state index is 13.1. The Hall–Kier alpha value is -2.37. The molecule has 0 aliphatic rings. The zero-order chi connectivity index (χ0) is 21.2. The van der Waals surface area contributed by atoms with Crippen LogP contribution in [0, 0.1) is 5.92 Å². The van der Waals surface area contributed by atoms with Crippen LogP contribution in [0.25, 0.3) is 0 Å². The molecular formula is C23H29ClN2O3. The van der Waals surface area contributed by atoms with Crippen molar-refractivity contribution in [1.82, 2.24) is 10.2 Å². The van der Waals surface area contributed by atoms with Crippen LogP contribution in [0.1, 0.15) is 25.0 Å². The van der Waals surface area contributed by atoms with Gasteiger partial charge in [0.2, 0.25) is 11.8 Å². The molecule has 0 aliphatic carbocycles. The van der Waals surface area contributed by atoms with Gasteiger partial charge in [0, 0.05) is 37.6 Å². The maximum Gasteiger partial charge on any atom is 0.243 e. The molecule has 2 rings (SSSR count). The Bertz CT molecular complexity index is 778. The molecule has 2 amide bonds. The van der Waals surface area contributed by atoms with Crippen molar-refractivity contribution in [2.75, 3.05) is 20.3 Å². The molecule has 1 atom stereocenters. The van der Waals surface area contributed by atoms with Gasteiger partial charge in [0.15, 0.2) is 0 Å². The second-order valence-electron chi connectivity index (χ2n) is 7.24. The Morgan fingerprint density at radius 3 is 2.28 bits per heavy atom. The lowest BCUT2D eigenvalue weighted by Gasteiger charge is -2.32. The predicted octanol–water partition coefficient (Wildman–Crippen LogP) is 3.70. The Kier molecular flexibility index (Phi) is 9.16. The van der Waals surface area contributed by atoms with Crippen molar-refractivity contribution in [1.29, 1.82) is 0 Å². The fourth-order valence-electron chi connectivity index (χ4n) is 3.04. The summed E-state index contributed by atoms with van der Waals surface area (Å²) >= 11 is 6.00. The number of ether oxygens (including phenoxy) is 1. The number of rotatable bonds is 10. The highest BCUT2D eigenvalue weighted by Crippen LogP contribution is 2.18. The molecule has 0 aliphatic heterocycles. The Balaban J connectivity index is 2.33. The van der Waals surface area contributed by atoms with Gasteiger partial charge in [-0.25, -0.2) is 0 Å². The largest absolute Gasteiger partial charge is 0.383 e. The van der Waals surface area contributed by atoms with E-state index in [1.165, 1.54) is 0 Å². The second kappa shape index (κ2) is 11.6. The van der Waals surface area contributed by atoms with Crippen LogP contribution in [0.15, 0.2) is 54.6 Å². The summed E-state index contributed by atoms with van der Waals surface area (Å²) < 4.78 is 5.04. The molecule has 0 fully saturated rings. The van der Waals surface area contributed by atoms with Crippen LogP contribution in [-0.4, -0.2) is 43.0 Å². The summed E-state index contributed by atoms with van der Waals surface area (Å²) in [7, 11) is 1.59. The number of nitrogens with zero attached hydrogens (tertiary/aromatic N) is 1. The molecule has 156 valence electrons. The maximum atomic E-state index is 13.1. The van der Waals surface area contributed by atoms with Crippen molar-refractivity contribution >= 4 is 23.4 Å². The van der Waals surface area contributed by atoms with Gasteiger partial charge in [-0.05, 0) is 23.3 Å². The van der Waals surface area contributed by atoms with Crippen molar-refractivity contribution in [3.8, 4) is 0 Å². The van der Waals surface area contributed by atoms with E-state index in [-0.39, 0.29) is 17.7 Å². The summed E-state index contributed by atoms with van der Waals surface area (Å²) in [6.07, 6.45) is 0.436. The van der Waals surface area contributed by atoms with E-state index in [1.807, 2.05) is 56.3 Å². The van der Waals surface area contributed by atoms with Gasteiger partial charge in [-0.1, -0.05) is 67.9 Å². The zero-order valence-electron chi connectivity index (χ0n) is 17.2. The van der Waals surface area contributed by atoms with Gasteiger partial charge < -0.3 is 15.0 Å². The van der Waals surface area contributed by atoms with Crippen molar-refractivity contribution in [3.05, 3.63) is 70.7 Å². The van der Waals surface area contributed by atoms with Crippen LogP contribution in [0.3, 0.4) is 0 Å². The number of carbonyl (C=O) groups excluding carboxylic acids is 2. The third-order valence-electron chi connectivity index (χ3n) is 4.60. The van der Waals surface area contributed by atoms with E-state index in [0.29, 0.717) is 31.1 Å². The van der Waals surface area contributed by atoms with Gasteiger partial charge in [0.1, 0.15) is 6.04 Å². The molecule has 2 aromatic carbocycles. The standard InChI is InChI=1S/C23H29ClN2O3/c1-17(2)23(28)26(16-19-9-11-20(24)12-10-19)21(22(27)25-13-14-29-3)15-18-7-5-4-6-8-18/h4-12,17,21H,13-16H2,1-3H3,(H,25,27)/t21-/m0/s1. The Morgan fingerprint density at radius 2 is 1.69 bits per heavy atom. The average Bonchev–Trinajstić information content (AvgIpc) is 2.72. The molecular weight excluding hydrogens is 388 g/mol. The molecule has 0 spiro atoms. The zero-order valence-corrected chi connectivity index (χ0v) is 18.0. The molecule has 0 saturated heterocycles. The number of hydrogen-bond acceptors (Lipinski definition) is 3. The van der Waals surface area contributed by atoms with E-state index in [0.717, 1.165) is 11.1 Å². The summed E-state index contributed by atoms with van der Waals surface area (Å²) in [5.41, 5.74) is 1.92. The van der Waals surface area contributed by atoms with E-state index in [2.05, 4.69) is 5.32 Å². The van der Waals surface area contributed by atoms with Crippen LogP contribution in [0.4, 0.5) is 0 Å². The normalized spacial score (nSPS) is 11.9. The predicted molar refractivity (Wildman–Crippen MR) is 116 cm³/mol. The fraction of sp³-hybridized carbons (Fsp3) is 0.391. The first-order chi connectivity index (χ1) is 13.9. The lowest BCUT2D eigenvalue weighted by molar-refractivity contribution is -0.143. The SMILES string of the molecule is COCCNC(=O)[C@H](Cc1ccccc1)N(Cc1ccc(Cl)cc1)C(=O)C(C)C. The minimum atomic E-state index is -0.625. The summed E-state index contributed by atoms with van der Waals surface area (Å²) in [6.45, 7) is 4.84. The first-order valence-corrected chi connectivity index (χ1v) is 10.2. The van der Waals surface area contributed by atoms with Crippen LogP contribution in [0.5, 0.6) is 0 Å². The molecule has 29 heavy (non-hydrogen) atoms. The minimum absolute atomic E-state index is 0.0669. The molecule has 0 heterocycles. The Labute approximate surface area is 178 Å². The molecule has 2 aromatic rings. The van der Waals surface area contributed by atoms with E-state index >= 15 is 0 Å². The van der Waals surface area contributed by atoms with Crippen LogP contribution in [-0.2, 0) is 27.3 Å². The van der Waals surface area contributed by atoms with Gasteiger partial charge in [-0.3, -0.25) is 9.59 Å². The van der Waals surface area contributed by atoms with Gasteiger partial charge in [-0.2, -0.15) is 0 Å². The lowest BCUT2D eigenvalue weighted by atomic mass is 10.0. The fourth-order valence-corrected chi connectivity index (χ4v) is 3.16. The molecule has 0 aromatic heterocycles. The summed E-state index contributed by atoms with van der Waals surface area (Å²) in [5, 5.41) is 3.53. The van der Waals surface area contributed by atoms with Gasteiger partial charge in [0.05, 0.1) is 6.61 Å². The third kappa shape index (κ3) is 7.18. The number of carbonyl (C=O) groups is 2. The highest BCUT2D eigenvalue weighted by Gasteiger charge is 2.31. The smallest absolute Gasteiger partial charge is 0.243 e. The summed E-state index contributed by atoms with van der Waals surface area (Å²) in [6, 6.07) is 16.5. The number of methoxy groups -OCH3 is 1. The van der Waals surface area contributed by atoms with Gasteiger partial charge in [-0.15, -0.1) is 0 Å². The third-order valence-corrected chi connectivity index (χ3v) is 4.85. The van der Waals surface area contributed by atoms with Crippen LogP contribution in [0.2, 0.25) is 5.02 Å². The first-order valence-electron chi connectivity index (χ1n) is 9.78. The van der Waals surface area contributed by atoms with Gasteiger partial charge >= 0.3 is 0 Å². The highest BCUT2D eigenvalue weighted by molar-refractivity contribution is 6.30. The van der Waals surface area contributed by atoms with E-state index < -0.39 is 6.04 Å². The second-order valence-corrected chi connectivity index (χ2v) is 7.67. The molecule has 0 bridgehead atoms. The van der Waals surface area contributed by atoms with E-state index in [9.17, 15) is 9.59 Å². The molecule has 0 saturated carbocycles. The number of benzene rings is 2. The van der Waals surface area contributed by atoms with Crippen LogP contribution >= 0.6 is 11.6 Å². The topological polar surface area (TPSA) is 58.6 Å². The van der Waals surface area contributed by atoms with Crippen molar-refractivity contribution < 1.29 is 14.3 Å². The van der Waals surface area contributed by atoms with Gasteiger partial charge in [0.25, 0.3) is 0 Å². The van der Waals surface area contributed by atoms with Crippen LogP contribution < -0.4 is 5.32 Å². The van der Waals surface area contributed by atoms with Crippen molar-refractivity contribution in [3.63, 3.8) is 0 Å².